The van der Waals surface area contributed by atoms with Crippen LogP contribution in [0.15, 0.2) is 0 Å². The molecule has 0 aromatic rings. The van der Waals surface area contributed by atoms with Crippen LogP contribution in [0.25, 0.3) is 0 Å². The molecule has 0 bridgehead atoms. The Labute approximate surface area is 61.8 Å². The molecular weight excluding hydrogens is 129 g/mol. The first-order chi connectivity index (χ1) is 4.51. The van der Waals surface area contributed by atoms with Gasteiger partial charge in [-0.1, -0.05) is 13.8 Å². The van der Waals surface area contributed by atoms with Crippen LogP contribution in [0.4, 0.5) is 4.39 Å². The lowest BCUT2D eigenvalue weighted by atomic mass is 9.75. The van der Waals surface area contributed by atoms with Gasteiger partial charge in [0.25, 0.3) is 0 Å². The van der Waals surface area contributed by atoms with E-state index in [1.54, 1.807) is 0 Å². The van der Waals surface area contributed by atoms with Crippen LogP contribution in [0, 0.1) is 5.41 Å². The Balaban J connectivity index is 2.49. The smallest absolute Gasteiger partial charge is 0.116 e. The fraction of sp³-hybridized carbons (Fsp3) is 1.00. The van der Waals surface area contributed by atoms with E-state index < -0.39 is 6.17 Å². The second-order valence-electron chi connectivity index (χ2n) is 4.09. The van der Waals surface area contributed by atoms with E-state index in [9.17, 15) is 4.39 Å². The fourth-order valence-corrected chi connectivity index (χ4v) is 1.52. The molecule has 0 radical (unpaired) electrons. The molecule has 1 aliphatic carbocycles. The van der Waals surface area contributed by atoms with Crippen molar-refractivity contribution in [3.8, 4) is 0 Å². The maximum atomic E-state index is 12.9. The molecule has 0 heterocycles. The Morgan fingerprint density at radius 1 is 1.50 bits per heavy atom. The first kappa shape index (κ1) is 7.99. The molecule has 0 unspecified atom stereocenters. The van der Waals surface area contributed by atoms with Crippen molar-refractivity contribution in [3.05, 3.63) is 0 Å². The van der Waals surface area contributed by atoms with Crippen LogP contribution in [0.2, 0.25) is 0 Å². The number of hydrogen-bond acceptors (Lipinski definition) is 1. The summed E-state index contributed by atoms with van der Waals surface area (Å²) in [6.07, 6.45) is 1.76. The van der Waals surface area contributed by atoms with E-state index in [1.807, 2.05) is 0 Å². The van der Waals surface area contributed by atoms with Gasteiger partial charge in [0, 0.05) is 6.04 Å². The molecule has 0 saturated heterocycles. The highest BCUT2D eigenvalue weighted by atomic mass is 19.1. The molecule has 1 nitrogen and oxygen atoms in total. The minimum Gasteiger partial charge on any atom is -0.325 e. The van der Waals surface area contributed by atoms with Crippen molar-refractivity contribution in [2.75, 3.05) is 0 Å². The Hall–Kier alpha value is -0.110. The molecule has 1 saturated carbocycles. The van der Waals surface area contributed by atoms with Crippen LogP contribution >= 0.6 is 0 Å². The SMILES string of the molecule is CC1(C)CC[C@@H](N)[C@H](F)C1. The number of nitrogens with two attached hydrogens (primary N) is 1. The molecule has 10 heavy (non-hydrogen) atoms. The van der Waals surface area contributed by atoms with Gasteiger partial charge in [-0.05, 0) is 24.7 Å². The summed E-state index contributed by atoms with van der Waals surface area (Å²) < 4.78 is 12.9. The van der Waals surface area contributed by atoms with Gasteiger partial charge in [0.2, 0.25) is 0 Å². The molecule has 2 atom stereocenters. The van der Waals surface area contributed by atoms with Gasteiger partial charge < -0.3 is 5.73 Å². The quantitative estimate of drug-likeness (QED) is 0.553. The Morgan fingerprint density at radius 3 is 2.50 bits per heavy atom. The largest absolute Gasteiger partial charge is 0.325 e. The number of rotatable bonds is 0. The predicted octanol–water partition coefficient (Wildman–Crippen LogP) is 1.86. The second kappa shape index (κ2) is 2.50. The fourth-order valence-electron chi connectivity index (χ4n) is 1.52. The van der Waals surface area contributed by atoms with Gasteiger partial charge in [-0.15, -0.1) is 0 Å². The molecule has 2 heteroatoms. The molecule has 1 fully saturated rings. The summed E-state index contributed by atoms with van der Waals surface area (Å²) in [4.78, 5) is 0. The lowest BCUT2D eigenvalue weighted by Crippen LogP contribution is -2.40. The van der Waals surface area contributed by atoms with Gasteiger partial charge in [-0.3, -0.25) is 0 Å². The Bertz CT molecular complexity index is 122. The summed E-state index contributed by atoms with van der Waals surface area (Å²) in [6, 6.07) is -0.201. The lowest BCUT2D eigenvalue weighted by molar-refractivity contribution is 0.118. The van der Waals surface area contributed by atoms with Gasteiger partial charge in [-0.25, -0.2) is 4.39 Å². The van der Waals surface area contributed by atoms with Crippen LogP contribution in [-0.4, -0.2) is 12.2 Å². The van der Waals surface area contributed by atoms with Crippen molar-refractivity contribution < 1.29 is 4.39 Å². The van der Waals surface area contributed by atoms with Crippen LogP contribution in [-0.2, 0) is 0 Å². The zero-order chi connectivity index (χ0) is 7.78. The molecule has 1 aliphatic rings. The van der Waals surface area contributed by atoms with E-state index in [4.69, 9.17) is 5.73 Å². The average molecular weight is 145 g/mol. The average Bonchev–Trinajstić information content (AvgIpc) is 1.79. The maximum Gasteiger partial charge on any atom is 0.116 e. The van der Waals surface area contributed by atoms with Crippen molar-refractivity contribution in [3.63, 3.8) is 0 Å². The van der Waals surface area contributed by atoms with E-state index in [0.29, 0.717) is 6.42 Å². The van der Waals surface area contributed by atoms with Crippen LogP contribution in [0.3, 0.4) is 0 Å². The third-order valence-electron chi connectivity index (χ3n) is 2.37. The van der Waals surface area contributed by atoms with Gasteiger partial charge in [0.1, 0.15) is 6.17 Å². The van der Waals surface area contributed by atoms with Crippen molar-refractivity contribution in [2.45, 2.75) is 45.3 Å². The highest BCUT2D eigenvalue weighted by molar-refractivity contribution is 4.86. The van der Waals surface area contributed by atoms with E-state index in [2.05, 4.69) is 13.8 Å². The van der Waals surface area contributed by atoms with Crippen LogP contribution < -0.4 is 5.73 Å². The van der Waals surface area contributed by atoms with Gasteiger partial charge in [-0.2, -0.15) is 0 Å². The van der Waals surface area contributed by atoms with E-state index in [1.165, 1.54) is 0 Å². The minimum atomic E-state index is -0.774. The maximum absolute atomic E-state index is 12.9. The normalized spacial score (nSPS) is 39.6. The topological polar surface area (TPSA) is 26.0 Å². The summed E-state index contributed by atoms with van der Waals surface area (Å²) >= 11 is 0. The minimum absolute atomic E-state index is 0.176. The first-order valence-corrected chi connectivity index (χ1v) is 3.91. The number of halogens is 1. The van der Waals surface area contributed by atoms with E-state index in [0.717, 1.165) is 12.8 Å². The van der Waals surface area contributed by atoms with Crippen molar-refractivity contribution in [2.24, 2.45) is 11.1 Å². The third kappa shape index (κ3) is 1.69. The summed E-state index contributed by atoms with van der Waals surface area (Å²) in [6.45, 7) is 4.21. The second-order valence-corrected chi connectivity index (χ2v) is 4.09. The molecule has 0 aromatic heterocycles. The molecular formula is C8H16FN. The van der Waals surface area contributed by atoms with Gasteiger partial charge in [0.05, 0.1) is 0 Å². The first-order valence-electron chi connectivity index (χ1n) is 3.91. The Morgan fingerprint density at radius 2 is 2.10 bits per heavy atom. The van der Waals surface area contributed by atoms with Crippen molar-refractivity contribution >= 4 is 0 Å². The zero-order valence-corrected chi connectivity index (χ0v) is 6.73. The van der Waals surface area contributed by atoms with Gasteiger partial charge in [0.15, 0.2) is 0 Å². The van der Waals surface area contributed by atoms with E-state index >= 15 is 0 Å². The monoisotopic (exact) mass is 145 g/mol. The molecule has 0 aliphatic heterocycles. The van der Waals surface area contributed by atoms with E-state index in [-0.39, 0.29) is 11.5 Å². The molecule has 0 spiro atoms. The summed E-state index contributed by atoms with van der Waals surface area (Å²) in [5.74, 6) is 0. The summed E-state index contributed by atoms with van der Waals surface area (Å²) in [5.41, 5.74) is 5.70. The summed E-state index contributed by atoms with van der Waals surface area (Å²) in [7, 11) is 0. The Kier molecular flexibility index (Phi) is 1.99. The van der Waals surface area contributed by atoms with Gasteiger partial charge >= 0.3 is 0 Å². The molecule has 1 rings (SSSR count). The van der Waals surface area contributed by atoms with Crippen molar-refractivity contribution in [1.29, 1.82) is 0 Å². The summed E-state index contributed by atoms with van der Waals surface area (Å²) in [5, 5.41) is 0. The zero-order valence-electron chi connectivity index (χ0n) is 6.73. The highest BCUT2D eigenvalue weighted by Gasteiger charge is 2.32. The molecule has 2 N–H and O–H groups in total. The highest BCUT2D eigenvalue weighted by Crippen LogP contribution is 2.35. The standard InChI is InChI=1S/C8H16FN/c1-8(2)4-3-7(10)6(9)5-8/h6-7H,3-5,10H2,1-2H3/t6-,7-/m1/s1. The predicted molar refractivity (Wildman–Crippen MR) is 40.5 cm³/mol. The third-order valence-corrected chi connectivity index (χ3v) is 2.37. The number of hydrogen-bond donors (Lipinski definition) is 1. The number of alkyl halides is 1. The van der Waals surface area contributed by atoms with Crippen LogP contribution in [0.5, 0.6) is 0 Å². The van der Waals surface area contributed by atoms with Crippen molar-refractivity contribution in [1.82, 2.24) is 0 Å². The lowest BCUT2D eigenvalue weighted by Gasteiger charge is -2.35. The molecule has 0 aromatic carbocycles. The molecule has 0 amide bonds. The molecule has 60 valence electrons. The van der Waals surface area contributed by atoms with Crippen LogP contribution in [0.1, 0.15) is 33.1 Å².